The molecule has 1 fully saturated rings. The molecule has 1 aromatic rings. The number of amides is 1. The lowest BCUT2D eigenvalue weighted by Gasteiger charge is -2.24. The number of carbonyl (C=O) groups is 1. The van der Waals surface area contributed by atoms with Crippen LogP contribution in [0, 0.1) is 0 Å². The fourth-order valence-corrected chi connectivity index (χ4v) is 3.62. The summed E-state index contributed by atoms with van der Waals surface area (Å²) in [6.07, 6.45) is 6.19. The standard InChI is InChI=1S/C23H39N5O.HI/c1-4-24-23(26-17-15-22(29)27-21-12-8-9-13-21)25-16-14-19(2)28(3)18-20-10-6-5-7-11-20;/h5-7,10-11,19,21H,4,8-9,12-18H2,1-3H3,(H,27,29)(H2,24,25,26);1H. The van der Waals surface area contributed by atoms with Gasteiger partial charge in [-0.25, -0.2) is 0 Å². The van der Waals surface area contributed by atoms with Crippen LogP contribution in [0.4, 0.5) is 0 Å². The Bertz CT molecular complexity index is 619. The van der Waals surface area contributed by atoms with Crippen molar-refractivity contribution in [1.82, 2.24) is 20.9 Å². The van der Waals surface area contributed by atoms with Gasteiger partial charge in [0, 0.05) is 44.7 Å². The van der Waals surface area contributed by atoms with Crippen LogP contribution in [0.1, 0.15) is 57.9 Å². The summed E-state index contributed by atoms with van der Waals surface area (Å²) in [4.78, 5) is 19.1. The van der Waals surface area contributed by atoms with E-state index in [1.54, 1.807) is 0 Å². The second-order valence-corrected chi connectivity index (χ2v) is 8.02. The molecule has 2 rings (SSSR count). The molecule has 30 heavy (non-hydrogen) atoms. The lowest BCUT2D eigenvalue weighted by atomic mass is 10.1. The highest BCUT2D eigenvalue weighted by molar-refractivity contribution is 14.0. The van der Waals surface area contributed by atoms with E-state index in [0.29, 0.717) is 25.0 Å². The number of benzene rings is 1. The zero-order valence-electron chi connectivity index (χ0n) is 18.8. The van der Waals surface area contributed by atoms with Crippen molar-refractivity contribution in [2.45, 2.75) is 71.0 Å². The van der Waals surface area contributed by atoms with E-state index in [1.807, 2.05) is 0 Å². The molecule has 1 amide bonds. The van der Waals surface area contributed by atoms with Gasteiger partial charge in [-0.3, -0.25) is 14.7 Å². The van der Waals surface area contributed by atoms with E-state index in [2.05, 4.69) is 77.1 Å². The number of hydrogen-bond donors (Lipinski definition) is 3. The Morgan fingerprint density at radius 1 is 1.20 bits per heavy atom. The third-order valence-corrected chi connectivity index (χ3v) is 5.55. The van der Waals surface area contributed by atoms with Gasteiger partial charge in [0.25, 0.3) is 0 Å². The maximum Gasteiger partial charge on any atom is 0.221 e. The van der Waals surface area contributed by atoms with Gasteiger partial charge in [0.15, 0.2) is 5.96 Å². The molecule has 1 aliphatic rings. The normalized spacial score (nSPS) is 15.5. The molecule has 1 saturated carbocycles. The van der Waals surface area contributed by atoms with Gasteiger partial charge in [-0.1, -0.05) is 43.2 Å². The van der Waals surface area contributed by atoms with E-state index < -0.39 is 0 Å². The number of nitrogens with one attached hydrogen (secondary N) is 3. The Hall–Kier alpha value is -1.35. The summed E-state index contributed by atoms with van der Waals surface area (Å²) in [7, 11) is 2.16. The minimum Gasteiger partial charge on any atom is -0.357 e. The average molecular weight is 530 g/mol. The molecule has 6 nitrogen and oxygen atoms in total. The molecular formula is C23H40IN5O. The lowest BCUT2D eigenvalue weighted by Crippen LogP contribution is -2.40. The van der Waals surface area contributed by atoms with Gasteiger partial charge < -0.3 is 16.0 Å². The van der Waals surface area contributed by atoms with E-state index in [1.165, 1.54) is 18.4 Å². The first-order valence-electron chi connectivity index (χ1n) is 11.1. The highest BCUT2D eigenvalue weighted by atomic mass is 127. The van der Waals surface area contributed by atoms with Crippen molar-refractivity contribution in [2.24, 2.45) is 4.99 Å². The smallest absolute Gasteiger partial charge is 0.221 e. The zero-order chi connectivity index (χ0) is 20.9. The topological polar surface area (TPSA) is 68.8 Å². The number of aliphatic imine (C=N–C) groups is 1. The molecule has 0 bridgehead atoms. The van der Waals surface area contributed by atoms with E-state index in [0.717, 1.165) is 44.9 Å². The van der Waals surface area contributed by atoms with Crippen LogP contribution in [0.3, 0.4) is 0 Å². The number of rotatable bonds is 11. The minimum atomic E-state index is 0. The summed E-state index contributed by atoms with van der Waals surface area (Å²) >= 11 is 0. The third-order valence-electron chi connectivity index (χ3n) is 5.55. The van der Waals surface area contributed by atoms with Gasteiger partial charge in [0.2, 0.25) is 5.91 Å². The van der Waals surface area contributed by atoms with Crippen LogP contribution in [0.2, 0.25) is 0 Å². The minimum absolute atomic E-state index is 0. The van der Waals surface area contributed by atoms with E-state index in [9.17, 15) is 4.79 Å². The molecule has 1 unspecified atom stereocenters. The number of hydrogen-bond acceptors (Lipinski definition) is 3. The van der Waals surface area contributed by atoms with Crippen LogP contribution in [-0.2, 0) is 11.3 Å². The van der Waals surface area contributed by atoms with Crippen LogP contribution < -0.4 is 16.0 Å². The Morgan fingerprint density at radius 3 is 2.57 bits per heavy atom. The molecular weight excluding hydrogens is 489 g/mol. The maximum atomic E-state index is 12.0. The van der Waals surface area contributed by atoms with Crippen molar-refractivity contribution >= 4 is 35.8 Å². The fourth-order valence-electron chi connectivity index (χ4n) is 3.62. The van der Waals surface area contributed by atoms with Crippen LogP contribution in [-0.4, -0.2) is 55.5 Å². The zero-order valence-corrected chi connectivity index (χ0v) is 21.2. The SMILES string of the molecule is CCNC(=NCCC(C)N(C)Cc1ccccc1)NCCC(=O)NC1CCCC1.I. The summed E-state index contributed by atoms with van der Waals surface area (Å²) in [5, 5.41) is 9.68. The Balaban J connectivity index is 0.00000450. The van der Waals surface area contributed by atoms with Crippen molar-refractivity contribution in [3.8, 4) is 0 Å². The van der Waals surface area contributed by atoms with Crippen molar-refractivity contribution in [3.05, 3.63) is 35.9 Å². The number of guanidine groups is 1. The molecule has 0 saturated heterocycles. The first-order valence-corrected chi connectivity index (χ1v) is 11.1. The van der Waals surface area contributed by atoms with Crippen LogP contribution in [0.5, 0.6) is 0 Å². The molecule has 0 radical (unpaired) electrons. The molecule has 7 heteroatoms. The Kier molecular flexibility index (Phi) is 13.7. The van der Waals surface area contributed by atoms with E-state index in [4.69, 9.17) is 0 Å². The quantitative estimate of drug-likeness (QED) is 0.233. The molecule has 3 N–H and O–H groups in total. The molecule has 0 spiro atoms. The Labute approximate surface area is 199 Å². The molecule has 1 aromatic carbocycles. The van der Waals surface area contributed by atoms with E-state index >= 15 is 0 Å². The first kappa shape index (κ1) is 26.7. The average Bonchev–Trinajstić information content (AvgIpc) is 3.21. The van der Waals surface area contributed by atoms with Gasteiger partial charge in [-0.2, -0.15) is 0 Å². The number of halogens is 1. The summed E-state index contributed by atoms with van der Waals surface area (Å²) in [5.41, 5.74) is 1.33. The summed E-state index contributed by atoms with van der Waals surface area (Å²) in [5.74, 6) is 0.926. The van der Waals surface area contributed by atoms with Gasteiger partial charge in [-0.05, 0) is 45.7 Å². The molecule has 0 heterocycles. The van der Waals surface area contributed by atoms with Crippen LogP contribution in [0.25, 0.3) is 0 Å². The highest BCUT2D eigenvalue weighted by Gasteiger charge is 2.16. The predicted molar refractivity (Wildman–Crippen MR) is 136 cm³/mol. The third kappa shape index (κ3) is 10.6. The molecule has 1 aliphatic carbocycles. The first-order chi connectivity index (χ1) is 14.1. The van der Waals surface area contributed by atoms with Gasteiger partial charge in [0.1, 0.15) is 0 Å². The Morgan fingerprint density at radius 2 is 1.90 bits per heavy atom. The lowest BCUT2D eigenvalue weighted by molar-refractivity contribution is -0.121. The number of carbonyl (C=O) groups excluding carboxylic acids is 1. The summed E-state index contributed by atoms with van der Waals surface area (Å²) in [6, 6.07) is 11.4. The fraction of sp³-hybridized carbons (Fsp3) is 0.652. The van der Waals surface area contributed by atoms with Crippen molar-refractivity contribution in [1.29, 1.82) is 0 Å². The van der Waals surface area contributed by atoms with E-state index in [-0.39, 0.29) is 29.9 Å². The van der Waals surface area contributed by atoms with Gasteiger partial charge >= 0.3 is 0 Å². The predicted octanol–water partition coefficient (Wildman–Crippen LogP) is 3.52. The monoisotopic (exact) mass is 529 g/mol. The van der Waals surface area contributed by atoms with Crippen molar-refractivity contribution in [3.63, 3.8) is 0 Å². The summed E-state index contributed by atoms with van der Waals surface area (Å²) in [6.45, 7) is 7.41. The van der Waals surface area contributed by atoms with Crippen molar-refractivity contribution in [2.75, 3.05) is 26.7 Å². The van der Waals surface area contributed by atoms with Crippen molar-refractivity contribution < 1.29 is 4.79 Å². The largest absolute Gasteiger partial charge is 0.357 e. The second kappa shape index (κ2) is 15.5. The summed E-state index contributed by atoms with van der Waals surface area (Å²) < 4.78 is 0. The van der Waals surface area contributed by atoms with Gasteiger partial charge in [-0.15, -0.1) is 24.0 Å². The van der Waals surface area contributed by atoms with Crippen LogP contribution >= 0.6 is 24.0 Å². The van der Waals surface area contributed by atoms with Crippen LogP contribution in [0.15, 0.2) is 35.3 Å². The molecule has 0 aliphatic heterocycles. The second-order valence-electron chi connectivity index (χ2n) is 8.02. The molecule has 0 aromatic heterocycles. The molecule has 1 atom stereocenters. The maximum absolute atomic E-state index is 12.0. The number of nitrogens with zero attached hydrogens (tertiary/aromatic N) is 2. The van der Waals surface area contributed by atoms with Gasteiger partial charge in [0.05, 0.1) is 0 Å². The molecule has 170 valence electrons. The highest BCUT2D eigenvalue weighted by Crippen LogP contribution is 2.17.